The topological polar surface area (TPSA) is 130 Å². The van der Waals surface area contributed by atoms with E-state index in [1.165, 1.54) is 0 Å². The Balaban J connectivity index is 1.79. The van der Waals surface area contributed by atoms with Gasteiger partial charge in [0, 0.05) is 29.0 Å². The predicted molar refractivity (Wildman–Crippen MR) is 125 cm³/mol. The van der Waals surface area contributed by atoms with Crippen molar-refractivity contribution in [2.24, 2.45) is 0 Å². The second-order valence-corrected chi connectivity index (χ2v) is 8.92. The standard InChI is InChI=1S/C21H26N6O4S/c1-4-31-21(29)26-32(3,30)17-9-7-16(8-10-17)24-20-22-13-18(27-11-5-6-12-27)19(25-20)23-15(2)14-28/h5-13,15,28H,3-4,14H2,1-2H3,(H,26,29,30)(H2,22,23,24,25)/t15-,32?/m1/s1. The molecule has 0 saturated heterocycles. The van der Waals surface area contributed by atoms with E-state index in [-0.39, 0.29) is 19.3 Å². The number of hydrogen-bond acceptors (Lipinski definition) is 8. The van der Waals surface area contributed by atoms with Crippen LogP contribution < -0.4 is 15.4 Å². The van der Waals surface area contributed by atoms with Crippen molar-refractivity contribution in [3.8, 4) is 5.69 Å². The molecule has 3 rings (SSSR count). The van der Waals surface area contributed by atoms with Crippen LogP contribution in [0.3, 0.4) is 0 Å². The van der Waals surface area contributed by atoms with Crippen LogP contribution in [0, 0.1) is 0 Å². The Morgan fingerprint density at radius 2 is 1.97 bits per heavy atom. The fourth-order valence-electron chi connectivity index (χ4n) is 2.75. The smallest absolute Gasteiger partial charge is 0.418 e. The summed E-state index contributed by atoms with van der Waals surface area (Å²) in [4.78, 5) is 20.8. The third kappa shape index (κ3) is 5.77. The highest BCUT2D eigenvalue weighted by atomic mass is 32.2. The highest BCUT2D eigenvalue weighted by molar-refractivity contribution is 7.99. The summed E-state index contributed by atoms with van der Waals surface area (Å²) in [6, 6.07) is 10.1. The number of benzene rings is 1. The molecule has 2 heterocycles. The minimum Gasteiger partial charge on any atom is -0.449 e. The van der Waals surface area contributed by atoms with Crippen LogP contribution in [0.4, 0.5) is 22.2 Å². The fraction of sp³-hybridized carbons (Fsp3) is 0.238. The van der Waals surface area contributed by atoms with Gasteiger partial charge in [-0.25, -0.2) is 18.7 Å². The maximum absolute atomic E-state index is 12.7. The molecular weight excluding hydrogens is 432 g/mol. The summed E-state index contributed by atoms with van der Waals surface area (Å²) in [5, 5.41) is 15.7. The number of aliphatic hydroxyl groups excluding tert-OH is 1. The molecule has 0 aliphatic heterocycles. The van der Waals surface area contributed by atoms with Gasteiger partial charge in [-0.3, -0.25) is 0 Å². The van der Waals surface area contributed by atoms with Gasteiger partial charge in [-0.05, 0) is 56.1 Å². The van der Waals surface area contributed by atoms with Crippen molar-refractivity contribution in [2.75, 3.05) is 23.8 Å². The molecule has 0 saturated carbocycles. The number of amides is 1. The average molecular weight is 459 g/mol. The molecule has 0 aliphatic rings. The first-order valence-corrected chi connectivity index (χ1v) is 11.6. The molecule has 1 amide bonds. The Bertz CT molecular complexity index is 1150. The third-order valence-electron chi connectivity index (χ3n) is 4.32. The summed E-state index contributed by atoms with van der Waals surface area (Å²) < 4.78 is 21.6. The lowest BCUT2D eigenvalue weighted by Crippen LogP contribution is -2.30. The Kier molecular flexibility index (Phi) is 7.33. The van der Waals surface area contributed by atoms with Gasteiger partial charge in [0.2, 0.25) is 5.95 Å². The fourth-order valence-corrected chi connectivity index (χ4v) is 3.77. The lowest BCUT2D eigenvalue weighted by Gasteiger charge is -2.17. The Morgan fingerprint density at radius 3 is 2.59 bits per heavy atom. The highest BCUT2D eigenvalue weighted by Crippen LogP contribution is 2.22. The van der Waals surface area contributed by atoms with E-state index >= 15 is 0 Å². The van der Waals surface area contributed by atoms with Crippen LogP contribution in [0.2, 0.25) is 0 Å². The van der Waals surface area contributed by atoms with Crippen LogP contribution in [0.25, 0.3) is 5.69 Å². The van der Waals surface area contributed by atoms with Crippen LogP contribution >= 0.6 is 0 Å². The van der Waals surface area contributed by atoms with E-state index in [0.29, 0.717) is 22.3 Å². The number of rotatable bonds is 9. The molecule has 32 heavy (non-hydrogen) atoms. The van der Waals surface area contributed by atoms with Gasteiger partial charge in [0.1, 0.15) is 5.69 Å². The Labute approximate surface area is 186 Å². The molecule has 170 valence electrons. The van der Waals surface area contributed by atoms with Gasteiger partial charge in [0.25, 0.3) is 0 Å². The maximum atomic E-state index is 12.7. The normalized spacial score (nSPS) is 13.6. The number of hydrogen-bond donors (Lipinski definition) is 4. The molecule has 0 radical (unpaired) electrons. The summed E-state index contributed by atoms with van der Waals surface area (Å²) in [7, 11) is -3.05. The largest absolute Gasteiger partial charge is 0.449 e. The van der Waals surface area contributed by atoms with Crippen LogP contribution in [0.15, 0.2) is 59.9 Å². The average Bonchev–Trinajstić information content (AvgIpc) is 3.28. The number of nitrogens with one attached hydrogen (secondary N) is 3. The molecule has 4 N–H and O–H groups in total. The van der Waals surface area contributed by atoms with E-state index in [1.54, 1.807) is 37.4 Å². The summed E-state index contributed by atoms with van der Waals surface area (Å²) in [5.41, 5.74) is 1.38. The van der Waals surface area contributed by atoms with Gasteiger partial charge in [-0.1, -0.05) is 0 Å². The lowest BCUT2D eigenvalue weighted by atomic mass is 10.3. The minimum atomic E-state index is -3.05. The van der Waals surface area contributed by atoms with Crippen LogP contribution in [0.5, 0.6) is 0 Å². The van der Waals surface area contributed by atoms with Crippen LogP contribution in [-0.2, 0) is 14.4 Å². The maximum Gasteiger partial charge on any atom is 0.418 e. The van der Waals surface area contributed by atoms with Gasteiger partial charge < -0.3 is 25.0 Å². The van der Waals surface area contributed by atoms with E-state index in [2.05, 4.69) is 31.2 Å². The third-order valence-corrected chi connectivity index (χ3v) is 5.85. The van der Waals surface area contributed by atoms with Crippen LogP contribution in [-0.4, -0.2) is 55.1 Å². The summed E-state index contributed by atoms with van der Waals surface area (Å²) in [5.74, 6) is 4.48. The second kappa shape index (κ2) is 10.2. The number of carbonyl (C=O) groups excluding carboxylic acids is 1. The number of ether oxygens (including phenoxy) is 1. The van der Waals surface area contributed by atoms with Gasteiger partial charge in [-0.2, -0.15) is 4.98 Å². The van der Waals surface area contributed by atoms with E-state index in [9.17, 15) is 14.1 Å². The molecule has 11 heteroatoms. The molecule has 1 unspecified atom stereocenters. The summed E-state index contributed by atoms with van der Waals surface area (Å²) in [6.07, 6.45) is 4.63. The molecule has 0 aliphatic carbocycles. The van der Waals surface area contributed by atoms with Gasteiger partial charge in [0.05, 0.1) is 29.1 Å². The SMILES string of the molecule is C=S(=O)(NC(=O)OCC)c1ccc(Nc2ncc(-n3cccc3)c(N[C@H](C)CO)n2)cc1. The zero-order valence-corrected chi connectivity index (χ0v) is 18.6. The van der Waals surface area contributed by atoms with Crippen LogP contribution in [0.1, 0.15) is 13.8 Å². The first-order chi connectivity index (χ1) is 15.3. The van der Waals surface area contributed by atoms with Gasteiger partial charge in [-0.15, -0.1) is 0 Å². The first-order valence-electron chi connectivity index (χ1n) is 9.89. The number of aliphatic hydroxyl groups is 1. The van der Waals surface area contributed by atoms with Crippen molar-refractivity contribution in [2.45, 2.75) is 24.8 Å². The lowest BCUT2D eigenvalue weighted by molar-refractivity contribution is 0.159. The van der Waals surface area contributed by atoms with Gasteiger partial charge >= 0.3 is 6.09 Å². The quantitative estimate of drug-likeness (QED) is 0.360. The van der Waals surface area contributed by atoms with Crippen molar-refractivity contribution in [3.05, 3.63) is 55.0 Å². The van der Waals surface area contributed by atoms with Gasteiger partial charge in [0.15, 0.2) is 5.82 Å². The molecule has 2 atom stereocenters. The first kappa shape index (κ1) is 23.1. The minimum absolute atomic E-state index is 0.0521. The molecule has 1 aromatic carbocycles. The molecule has 2 aromatic heterocycles. The van der Waals surface area contributed by atoms with Crippen molar-refractivity contribution in [1.82, 2.24) is 19.3 Å². The predicted octanol–water partition coefficient (Wildman–Crippen LogP) is 2.54. The molecule has 0 spiro atoms. The van der Waals surface area contributed by atoms with E-state index in [4.69, 9.17) is 4.74 Å². The zero-order chi connectivity index (χ0) is 23.1. The van der Waals surface area contributed by atoms with Crippen molar-refractivity contribution in [1.29, 1.82) is 0 Å². The molecule has 10 nitrogen and oxygen atoms in total. The number of nitrogens with zero attached hydrogens (tertiary/aromatic N) is 3. The van der Waals surface area contributed by atoms with Crippen molar-refractivity contribution < 1.29 is 18.8 Å². The molecule has 0 bridgehead atoms. The monoisotopic (exact) mass is 458 g/mol. The Morgan fingerprint density at radius 1 is 1.28 bits per heavy atom. The van der Waals surface area contributed by atoms with Crippen molar-refractivity contribution >= 4 is 39.1 Å². The van der Waals surface area contributed by atoms with E-state index < -0.39 is 15.8 Å². The zero-order valence-electron chi connectivity index (χ0n) is 17.8. The molecular formula is C21H26N6O4S. The highest BCUT2D eigenvalue weighted by Gasteiger charge is 2.14. The molecule has 0 fully saturated rings. The Hall–Kier alpha value is -3.57. The number of carbonyl (C=O) groups is 1. The van der Waals surface area contributed by atoms with E-state index in [1.807, 2.05) is 36.0 Å². The summed E-state index contributed by atoms with van der Waals surface area (Å²) in [6.45, 7) is 3.61. The van der Waals surface area contributed by atoms with Crippen molar-refractivity contribution in [3.63, 3.8) is 0 Å². The second-order valence-electron chi connectivity index (χ2n) is 6.89. The number of aromatic nitrogens is 3. The number of anilines is 3. The summed E-state index contributed by atoms with van der Waals surface area (Å²) >= 11 is 0. The molecule has 3 aromatic rings. The van der Waals surface area contributed by atoms with E-state index in [0.717, 1.165) is 5.69 Å².